The lowest BCUT2D eigenvalue weighted by Gasteiger charge is -2.02. The maximum Gasteiger partial charge on any atom is 0.196 e. The SMILES string of the molecule is Cc1c(C)n(-c2nc3ccccc3s2)c2ncn3nc(CON=Cc4ccccc4)nc3c12. The molecule has 0 aliphatic carbocycles. The molecule has 8 nitrogen and oxygen atoms in total. The van der Waals surface area contributed by atoms with E-state index in [4.69, 9.17) is 19.8 Å². The highest BCUT2D eigenvalue weighted by atomic mass is 32.1. The van der Waals surface area contributed by atoms with Crippen molar-refractivity contribution in [3.63, 3.8) is 0 Å². The number of fused-ring (bicyclic) bond motifs is 4. The molecule has 2 aromatic carbocycles. The highest BCUT2D eigenvalue weighted by Gasteiger charge is 2.20. The van der Waals surface area contributed by atoms with Crippen LogP contribution in [0.15, 0.2) is 66.1 Å². The van der Waals surface area contributed by atoms with Gasteiger partial charge in [0.25, 0.3) is 0 Å². The average molecular weight is 454 g/mol. The topological polar surface area (TPSA) is 82.5 Å². The van der Waals surface area contributed by atoms with Crippen LogP contribution in [0.4, 0.5) is 0 Å². The van der Waals surface area contributed by atoms with Gasteiger partial charge >= 0.3 is 0 Å². The lowest BCUT2D eigenvalue weighted by molar-refractivity contribution is 0.126. The maximum atomic E-state index is 5.42. The molecule has 6 aromatic rings. The van der Waals surface area contributed by atoms with E-state index < -0.39 is 0 Å². The summed E-state index contributed by atoms with van der Waals surface area (Å²) in [6, 6.07) is 17.9. The number of oxime groups is 1. The quantitative estimate of drug-likeness (QED) is 0.275. The minimum atomic E-state index is 0.170. The average Bonchev–Trinajstić information content (AvgIpc) is 3.51. The summed E-state index contributed by atoms with van der Waals surface area (Å²) in [4.78, 5) is 19.7. The van der Waals surface area contributed by atoms with Gasteiger partial charge in [-0.25, -0.2) is 19.5 Å². The van der Waals surface area contributed by atoms with Crippen LogP contribution in [0.2, 0.25) is 0 Å². The van der Waals surface area contributed by atoms with Gasteiger partial charge in [0, 0.05) is 5.69 Å². The van der Waals surface area contributed by atoms with Crippen molar-refractivity contribution < 1.29 is 4.84 Å². The maximum absolute atomic E-state index is 5.42. The molecule has 0 aliphatic heterocycles. The Morgan fingerprint density at radius 1 is 1.00 bits per heavy atom. The second kappa shape index (κ2) is 7.79. The number of hydrogen-bond donors (Lipinski definition) is 0. The van der Waals surface area contributed by atoms with E-state index in [2.05, 4.69) is 34.7 Å². The number of hydrogen-bond acceptors (Lipinski definition) is 7. The van der Waals surface area contributed by atoms with Crippen LogP contribution in [0.1, 0.15) is 22.6 Å². The predicted molar refractivity (Wildman–Crippen MR) is 129 cm³/mol. The molecular weight excluding hydrogens is 434 g/mol. The highest BCUT2D eigenvalue weighted by molar-refractivity contribution is 7.20. The zero-order valence-corrected chi connectivity index (χ0v) is 18.8. The smallest absolute Gasteiger partial charge is 0.196 e. The van der Waals surface area contributed by atoms with Crippen LogP contribution >= 0.6 is 11.3 Å². The number of aromatic nitrogens is 6. The van der Waals surface area contributed by atoms with Crippen molar-refractivity contribution in [1.29, 1.82) is 0 Å². The van der Waals surface area contributed by atoms with Gasteiger partial charge in [0.2, 0.25) is 0 Å². The zero-order valence-electron chi connectivity index (χ0n) is 18.0. The Morgan fingerprint density at radius 3 is 2.67 bits per heavy atom. The van der Waals surface area contributed by atoms with Crippen LogP contribution in [0.3, 0.4) is 0 Å². The molecule has 0 fully saturated rings. The van der Waals surface area contributed by atoms with Crippen LogP contribution < -0.4 is 0 Å². The first-order valence-electron chi connectivity index (χ1n) is 10.5. The number of thiazole rings is 1. The Bertz CT molecular complexity index is 1610. The van der Waals surface area contributed by atoms with Crippen molar-refractivity contribution in [2.75, 3.05) is 0 Å². The van der Waals surface area contributed by atoms with Gasteiger partial charge in [-0.05, 0) is 37.1 Å². The van der Waals surface area contributed by atoms with Gasteiger partial charge in [-0.3, -0.25) is 4.57 Å². The Morgan fingerprint density at radius 2 is 1.82 bits per heavy atom. The minimum Gasteiger partial charge on any atom is -0.387 e. The molecule has 4 aromatic heterocycles. The van der Waals surface area contributed by atoms with E-state index in [1.54, 1.807) is 28.4 Å². The van der Waals surface area contributed by atoms with Crippen molar-refractivity contribution in [2.24, 2.45) is 5.16 Å². The summed E-state index contributed by atoms with van der Waals surface area (Å²) in [5, 5.41) is 10.4. The number of rotatable bonds is 5. The summed E-state index contributed by atoms with van der Waals surface area (Å²) in [7, 11) is 0. The summed E-state index contributed by atoms with van der Waals surface area (Å²) in [6.45, 7) is 4.33. The molecule has 33 heavy (non-hydrogen) atoms. The molecule has 0 amide bonds. The second-order valence-corrected chi connectivity index (χ2v) is 8.68. The zero-order chi connectivity index (χ0) is 22.4. The molecule has 0 radical (unpaired) electrons. The Balaban J connectivity index is 1.37. The van der Waals surface area contributed by atoms with Crippen molar-refractivity contribution in [3.8, 4) is 5.13 Å². The Kier molecular flexibility index (Phi) is 4.62. The third-order valence-corrected chi connectivity index (χ3v) is 6.64. The lowest BCUT2D eigenvalue weighted by atomic mass is 10.2. The number of para-hydroxylation sites is 1. The molecular formula is C24H19N7OS. The van der Waals surface area contributed by atoms with Crippen LogP contribution in [-0.4, -0.2) is 35.3 Å². The van der Waals surface area contributed by atoms with E-state index >= 15 is 0 Å². The third kappa shape index (κ3) is 3.33. The molecule has 0 spiro atoms. The molecule has 0 bridgehead atoms. The molecule has 4 heterocycles. The summed E-state index contributed by atoms with van der Waals surface area (Å²) < 4.78 is 4.94. The lowest BCUT2D eigenvalue weighted by Crippen LogP contribution is -1.98. The fourth-order valence-electron chi connectivity index (χ4n) is 3.89. The summed E-state index contributed by atoms with van der Waals surface area (Å²) in [6.07, 6.45) is 3.35. The second-order valence-electron chi connectivity index (χ2n) is 7.67. The molecule has 6 rings (SSSR count). The first kappa shape index (κ1) is 19.6. The fraction of sp³-hybridized carbons (Fsp3) is 0.125. The van der Waals surface area contributed by atoms with E-state index in [0.717, 1.165) is 48.8 Å². The third-order valence-electron chi connectivity index (χ3n) is 5.62. The van der Waals surface area contributed by atoms with Gasteiger partial charge < -0.3 is 4.84 Å². The van der Waals surface area contributed by atoms with Gasteiger partial charge in [-0.15, -0.1) is 5.10 Å². The normalized spacial score (nSPS) is 11.9. The first-order valence-corrected chi connectivity index (χ1v) is 11.3. The summed E-state index contributed by atoms with van der Waals surface area (Å²) in [5.41, 5.74) is 5.69. The Labute approximate surface area is 192 Å². The van der Waals surface area contributed by atoms with Gasteiger partial charge in [0.15, 0.2) is 28.9 Å². The number of aryl methyl sites for hydroxylation is 1. The Hall–Kier alpha value is -4.11. The van der Waals surface area contributed by atoms with Crippen LogP contribution in [-0.2, 0) is 11.4 Å². The number of benzene rings is 2. The van der Waals surface area contributed by atoms with E-state index in [9.17, 15) is 0 Å². The van der Waals surface area contributed by atoms with Gasteiger partial charge in [0.05, 0.1) is 21.8 Å². The predicted octanol–water partition coefficient (Wildman–Crippen LogP) is 4.85. The molecule has 0 aliphatic rings. The molecule has 0 unspecified atom stereocenters. The monoisotopic (exact) mass is 453 g/mol. The molecule has 0 atom stereocenters. The van der Waals surface area contributed by atoms with Crippen molar-refractivity contribution in [2.45, 2.75) is 20.5 Å². The van der Waals surface area contributed by atoms with Crippen LogP contribution in [0.25, 0.3) is 32.0 Å². The van der Waals surface area contributed by atoms with E-state index in [1.807, 2.05) is 48.5 Å². The van der Waals surface area contributed by atoms with Crippen LogP contribution in [0, 0.1) is 13.8 Å². The minimum absolute atomic E-state index is 0.170. The molecule has 0 N–H and O–H groups in total. The molecule has 9 heteroatoms. The molecule has 162 valence electrons. The van der Waals surface area contributed by atoms with Gasteiger partial charge in [-0.1, -0.05) is 59.0 Å². The van der Waals surface area contributed by atoms with Crippen molar-refractivity contribution in [1.82, 2.24) is 29.1 Å². The van der Waals surface area contributed by atoms with Gasteiger partial charge in [-0.2, -0.15) is 0 Å². The largest absolute Gasteiger partial charge is 0.387 e. The number of nitrogens with zero attached hydrogens (tertiary/aromatic N) is 7. The van der Waals surface area contributed by atoms with E-state index in [-0.39, 0.29) is 6.61 Å². The summed E-state index contributed by atoms with van der Waals surface area (Å²) in [5.74, 6) is 0.541. The highest BCUT2D eigenvalue weighted by Crippen LogP contribution is 2.33. The fourth-order valence-corrected chi connectivity index (χ4v) is 4.91. The van der Waals surface area contributed by atoms with E-state index in [0.29, 0.717) is 5.82 Å². The van der Waals surface area contributed by atoms with Crippen LogP contribution in [0.5, 0.6) is 0 Å². The van der Waals surface area contributed by atoms with E-state index in [1.165, 1.54) is 0 Å². The first-order chi connectivity index (χ1) is 16.2. The van der Waals surface area contributed by atoms with Gasteiger partial charge in [0.1, 0.15) is 6.33 Å². The molecule has 0 saturated heterocycles. The standard InChI is InChI=1S/C24H19N7OS/c1-15-16(2)31(24-27-18-10-6-7-11-19(18)33-24)22-21(15)23-28-20(29-30(23)14-25-22)13-32-26-12-17-8-4-3-5-9-17/h3-12,14H,13H2,1-2H3. The summed E-state index contributed by atoms with van der Waals surface area (Å²) >= 11 is 1.65. The van der Waals surface area contributed by atoms with Crippen molar-refractivity contribution in [3.05, 3.63) is 83.6 Å². The van der Waals surface area contributed by atoms with Crippen molar-refractivity contribution >= 4 is 44.4 Å². The molecule has 0 saturated carbocycles.